The molecular weight excluding hydrogens is 954 g/mol. The average Bonchev–Trinajstić information content (AvgIpc) is 3.58. The van der Waals surface area contributed by atoms with Crippen LogP contribution in [0, 0.1) is 6.92 Å². The molecule has 0 N–H and O–H groups in total. The maximum absolute atomic E-state index is 2.76. The molecule has 2 heterocycles. The highest BCUT2D eigenvalue weighted by Gasteiger charge is 2.50. The van der Waals surface area contributed by atoms with Gasteiger partial charge in [0.05, 0.1) is 0 Å². The van der Waals surface area contributed by atoms with Gasteiger partial charge in [-0.05, 0) is 209 Å². The van der Waals surface area contributed by atoms with Crippen molar-refractivity contribution >= 4 is 74.3 Å². The van der Waals surface area contributed by atoms with E-state index in [1.807, 2.05) is 0 Å². The first kappa shape index (κ1) is 51.6. The summed E-state index contributed by atoms with van der Waals surface area (Å²) in [6.07, 6.45) is 3.46. The molecule has 400 valence electrons. The first-order valence-electron chi connectivity index (χ1n) is 29.5. The molecule has 0 saturated carbocycles. The molecule has 0 unspecified atom stereocenters. The standard InChI is InChI=1S/C75H82BN3/c1-46-36-55-57(72(10,11)35-34-71(55,8)9)43-62(46)79-64-44-58-56(73(12,13)45-74(58,14)15)42-61(64)76-60-33-32-50(77(48-26-20-18-21-27-48)49-28-22-19-23-29-49)41-63(60)78(65-37-47(69(2,3)4)38-66(79)68(65)76)51-39-53-52-30-24-25-31-54(52)75(16,17)67(53)59(40-51)70(5,6)7/h18-33,36-44H,34-35,45H2,1-17H3. The third kappa shape index (κ3) is 7.72. The number of aryl methyl sites for hydroxylation is 1. The zero-order valence-corrected chi connectivity index (χ0v) is 50.5. The van der Waals surface area contributed by atoms with Gasteiger partial charge in [-0.15, -0.1) is 0 Å². The molecule has 4 heteroatoms. The number of nitrogens with zero attached hydrogens (tertiary/aromatic N) is 3. The normalized spacial score (nSPS) is 18.2. The highest BCUT2D eigenvalue weighted by molar-refractivity contribution is 7.00. The Balaban J connectivity index is 1.19. The largest absolute Gasteiger partial charge is 0.311 e. The van der Waals surface area contributed by atoms with Crippen molar-refractivity contribution in [3.8, 4) is 11.1 Å². The van der Waals surface area contributed by atoms with Crippen molar-refractivity contribution in [3.05, 3.63) is 202 Å². The monoisotopic (exact) mass is 1040 g/mol. The molecule has 3 aliphatic carbocycles. The summed E-state index contributed by atoms with van der Waals surface area (Å²) in [6.45, 7) is 41.6. The van der Waals surface area contributed by atoms with Crippen LogP contribution in [0.4, 0.5) is 51.2 Å². The van der Waals surface area contributed by atoms with Gasteiger partial charge in [0.25, 0.3) is 6.71 Å². The van der Waals surface area contributed by atoms with E-state index in [2.05, 4.69) is 284 Å². The third-order valence-electron chi connectivity index (χ3n) is 19.8. The molecule has 0 saturated heterocycles. The summed E-state index contributed by atoms with van der Waals surface area (Å²) >= 11 is 0. The number of anilines is 9. The SMILES string of the molecule is Cc1cc2c(cc1N1c3cc4c(cc3B3c5ccc(N(c6ccccc6)c6ccccc6)cc5N(c5cc6c(c(C(C)(C)C)c5)C(C)(C)c5ccccc5-6)c5cc(C(C)(C)C)cc1c53)C(C)(C)CC4(C)C)C(C)(C)CCC2(C)C. The summed E-state index contributed by atoms with van der Waals surface area (Å²) in [6, 6.07) is 59.5. The van der Waals surface area contributed by atoms with Gasteiger partial charge < -0.3 is 14.7 Å². The highest BCUT2D eigenvalue weighted by atomic mass is 15.2. The number of para-hydroxylation sites is 2. The minimum absolute atomic E-state index is 0.00629. The van der Waals surface area contributed by atoms with Gasteiger partial charge in [0.15, 0.2) is 0 Å². The zero-order chi connectivity index (χ0) is 55.9. The van der Waals surface area contributed by atoms with E-state index in [9.17, 15) is 0 Å². The molecule has 79 heavy (non-hydrogen) atoms. The molecule has 13 rings (SSSR count). The van der Waals surface area contributed by atoms with E-state index >= 15 is 0 Å². The molecule has 0 spiro atoms. The number of benzene rings is 8. The molecule has 0 atom stereocenters. The van der Waals surface area contributed by atoms with Gasteiger partial charge >= 0.3 is 0 Å². The Morgan fingerprint density at radius 3 is 1.57 bits per heavy atom. The van der Waals surface area contributed by atoms with Crippen molar-refractivity contribution in [1.82, 2.24) is 0 Å². The lowest BCUT2D eigenvalue weighted by Gasteiger charge is -2.47. The Kier molecular flexibility index (Phi) is 11.0. The van der Waals surface area contributed by atoms with Crippen molar-refractivity contribution in [2.75, 3.05) is 14.7 Å². The number of hydrogen-bond acceptors (Lipinski definition) is 3. The molecule has 0 amide bonds. The second-order valence-electron chi connectivity index (χ2n) is 29.7. The minimum atomic E-state index is -0.170. The predicted molar refractivity (Wildman–Crippen MR) is 341 cm³/mol. The van der Waals surface area contributed by atoms with Crippen molar-refractivity contribution < 1.29 is 0 Å². The van der Waals surface area contributed by atoms with Gasteiger partial charge in [-0.3, -0.25) is 0 Å². The van der Waals surface area contributed by atoms with Crippen LogP contribution in [0.2, 0.25) is 0 Å². The first-order chi connectivity index (χ1) is 37.1. The fraction of sp³-hybridized carbons (Fsp3) is 0.360. The average molecular weight is 1040 g/mol. The van der Waals surface area contributed by atoms with Gasteiger partial charge in [0, 0.05) is 56.6 Å². The van der Waals surface area contributed by atoms with Gasteiger partial charge in [0.1, 0.15) is 0 Å². The minimum Gasteiger partial charge on any atom is -0.311 e. The van der Waals surface area contributed by atoms with E-state index in [0.717, 1.165) is 23.5 Å². The molecular formula is C75H82BN3. The van der Waals surface area contributed by atoms with Crippen molar-refractivity contribution in [3.63, 3.8) is 0 Å². The molecule has 8 aromatic carbocycles. The molecule has 0 aromatic heterocycles. The van der Waals surface area contributed by atoms with E-state index < -0.39 is 0 Å². The topological polar surface area (TPSA) is 9.72 Å². The zero-order valence-electron chi connectivity index (χ0n) is 50.5. The van der Waals surface area contributed by atoms with Crippen LogP contribution in [-0.2, 0) is 37.9 Å². The third-order valence-corrected chi connectivity index (χ3v) is 19.8. The van der Waals surface area contributed by atoms with Crippen LogP contribution in [0.3, 0.4) is 0 Å². The summed E-state index contributed by atoms with van der Waals surface area (Å²) in [5.41, 5.74) is 30.4. The van der Waals surface area contributed by atoms with Crippen LogP contribution in [0.1, 0.15) is 180 Å². The quantitative estimate of drug-likeness (QED) is 0.159. The van der Waals surface area contributed by atoms with Crippen LogP contribution >= 0.6 is 0 Å². The summed E-state index contributed by atoms with van der Waals surface area (Å²) < 4.78 is 0. The fourth-order valence-corrected chi connectivity index (χ4v) is 15.7. The van der Waals surface area contributed by atoms with E-state index in [0.29, 0.717) is 0 Å². The van der Waals surface area contributed by atoms with Crippen LogP contribution in [0.5, 0.6) is 0 Å². The lowest BCUT2D eigenvalue weighted by molar-refractivity contribution is 0.332. The summed E-state index contributed by atoms with van der Waals surface area (Å²) in [4.78, 5) is 7.93. The Hall–Kier alpha value is -6.78. The van der Waals surface area contributed by atoms with Gasteiger partial charge in [-0.1, -0.05) is 190 Å². The van der Waals surface area contributed by atoms with Gasteiger partial charge in [-0.2, -0.15) is 0 Å². The second kappa shape index (κ2) is 16.9. The van der Waals surface area contributed by atoms with Crippen LogP contribution in [0.25, 0.3) is 11.1 Å². The van der Waals surface area contributed by atoms with Gasteiger partial charge in [0.2, 0.25) is 0 Å². The number of hydrogen-bond donors (Lipinski definition) is 0. The van der Waals surface area contributed by atoms with Crippen molar-refractivity contribution in [2.45, 2.75) is 175 Å². The summed E-state index contributed by atoms with van der Waals surface area (Å²) in [5, 5.41) is 0. The Bertz CT molecular complexity index is 3800. The van der Waals surface area contributed by atoms with Crippen molar-refractivity contribution in [2.24, 2.45) is 0 Å². The molecule has 2 aliphatic heterocycles. The molecule has 0 fully saturated rings. The highest BCUT2D eigenvalue weighted by Crippen LogP contribution is 2.58. The van der Waals surface area contributed by atoms with E-state index in [1.54, 1.807) is 0 Å². The molecule has 8 aromatic rings. The van der Waals surface area contributed by atoms with Crippen molar-refractivity contribution in [1.29, 1.82) is 0 Å². The summed E-state index contributed by atoms with van der Waals surface area (Å²) in [7, 11) is 0. The van der Waals surface area contributed by atoms with E-state index in [-0.39, 0.29) is 44.6 Å². The van der Waals surface area contributed by atoms with Gasteiger partial charge in [-0.25, -0.2) is 0 Å². The van der Waals surface area contributed by atoms with Crippen LogP contribution in [-0.4, -0.2) is 6.71 Å². The summed E-state index contributed by atoms with van der Waals surface area (Å²) in [5.74, 6) is 0. The molecule has 0 bridgehead atoms. The first-order valence-corrected chi connectivity index (χ1v) is 29.5. The molecule has 5 aliphatic rings. The smallest absolute Gasteiger partial charge is 0.252 e. The Morgan fingerprint density at radius 1 is 0.430 bits per heavy atom. The van der Waals surface area contributed by atoms with E-state index in [1.165, 1.54) is 125 Å². The van der Waals surface area contributed by atoms with Crippen LogP contribution in [0.15, 0.2) is 152 Å². The second-order valence-corrected chi connectivity index (χ2v) is 29.7. The number of fused-ring (bicyclic) bond motifs is 9. The Morgan fingerprint density at radius 2 is 0.962 bits per heavy atom. The molecule has 0 radical (unpaired) electrons. The van der Waals surface area contributed by atoms with Crippen LogP contribution < -0.4 is 31.1 Å². The van der Waals surface area contributed by atoms with E-state index in [4.69, 9.17) is 0 Å². The lowest BCUT2D eigenvalue weighted by atomic mass is 9.33. The Labute approximate surface area is 474 Å². The number of rotatable bonds is 5. The lowest BCUT2D eigenvalue weighted by Crippen LogP contribution is -2.61. The maximum atomic E-state index is 2.76. The maximum Gasteiger partial charge on any atom is 0.252 e. The molecule has 3 nitrogen and oxygen atoms in total. The fourth-order valence-electron chi connectivity index (χ4n) is 15.7. The predicted octanol–water partition coefficient (Wildman–Crippen LogP) is 18.8.